The van der Waals surface area contributed by atoms with Crippen LogP contribution in [0.5, 0.6) is 0 Å². The minimum Gasteiger partial charge on any atom is -0.299 e. The van der Waals surface area contributed by atoms with Crippen LogP contribution in [0.3, 0.4) is 0 Å². The molecule has 1 aliphatic rings. The molecule has 74 valence electrons. The first-order valence-corrected chi connectivity index (χ1v) is 5.21. The Morgan fingerprint density at radius 1 is 1.31 bits per heavy atom. The van der Waals surface area contributed by atoms with E-state index in [2.05, 4.69) is 0 Å². The molecule has 1 atom stereocenters. The van der Waals surface area contributed by atoms with E-state index in [0.29, 0.717) is 6.42 Å². The van der Waals surface area contributed by atoms with Gasteiger partial charge < -0.3 is 0 Å². The minimum absolute atomic E-state index is 0.0411. The molecule has 0 heterocycles. The molecule has 0 saturated heterocycles. The number of hydrogen-bond acceptors (Lipinski definition) is 2. The second-order valence-electron chi connectivity index (χ2n) is 3.96. The quantitative estimate of drug-likeness (QED) is 0.625. The van der Waals surface area contributed by atoms with Crippen LogP contribution in [-0.2, 0) is 9.59 Å². The van der Waals surface area contributed by atoms with E-state index in [0.717, 1.165) is 25.7 Å². The second kappa shape index (κ2) is 4.54. The fraction of sp³-hybridized carbons (Fsp3) is 0.818. The summed E-state index contributed by atoms with van der Waals surface area (Å²) in [5.74, 6) is 0.115. The molecule has 1 aliphatic carbocycles. The molecular weight excluding hydrogens is 164 g/mol. The molecule has 1 fully saturated rings. The molecule has 1 rings (SSSR count). The summed E-state index contributed by atoms with van der Waals surface area (Å²) in [6.45, 7) is 3.44. The fourth-order valence-corrected chi connectivity index (χ4v) is 2.18. The summed E-state index contributed by atoms with van der Waals surface area (Å²) in [5, 5.41) is 0. The van der Waals surface area contributed by atoms with Gasteiger partial charge in [0.2, 0.25) is 0 Å². The van der Waals surface area contributed by atoms with Gasteiger partial charge in [0.05, 0.1) is 5.92 Å². The zero-order valence-corrected chi connectivity index (χ0v) is 8.51. The second-order valence-corrected chi connectivity index (χ2v) is 3.96. The highest BCUT2D eigenvalue weighted by Crippen LogP contribution is 2.28. The zero-order valence-electron chi connectivity index (χ0n) is 8.51. The third-order valence-corrected chi connectivity index (χ3v) is 3.00. The highest BCUT2D eigenvalue weighted by molar-refractivity contribution is 6.02. The van der Waals surface area contributed by atoms with Crippen molar-refractivity contribution in [3.63, 3.8) is 0 Å². The van der Waals surface area contributed by atoms with Crippen LogP contribution in [-0.4, -0.2) is 11.6 Å². The predicted molar refractivity (Wildman–Crippen MR) is 51.4 cm³/mol. The molecule has 0 aliphatic heterocycles. The first-order chi connectivity index (χ1) is 6.16. The lowest BCUT2D eigenvalue weighted by Crippen LogP contribution is -2.26. The lowest BCUT2D eigenvalue weighted by atomic mass is 9.87. The van der Waals surface area contributed by atoms with E-state index >= 15 is 0 Å². The van der Waals surface area contributed by atoms with Crippen molar-refractivity contribution < 1.29 is 9.59 Å². The van der Waals surface area contributed by atoms with Crippen molar-refractivity contribution in [1.29, 1.82) is 0 Å². The van der Waals surface area contributed by atoms with E-state index in [-0.39, 0.29) is 23.4 Å². The van der Waals surface area contributed by atoms with E-state index in [4.69, 9.17) is 0 Å². The summed E-state index contributed by atoms with van der Waals surface area (Å²) in [7, 11) is 0. The molecule has 2 nitrogen and oxygen atoms in total. The third-order valence-electron chi connectivity index (χ3n) is 3.00. The molecule has 0 spiro atoms. The van der Waals surface area contributed by atoms with Crippen LogP contribution < -0.4 is 0 Å². The van der Waals surface area contributed by atoms with Gasteiger partial charge >= 0.3 is 0 Å². The summed E-state index contributed by atoms with van der Waals surface area (Å²) in [4.78, 5) is 22.9. The molecule has 13 heavy (non-hydrogen) atoms. The van der Waals surface area contributed by atoms with Gasteiger partial charge in [-0.15, -0.1) is 0 Å². The Balaban J connectivity index is 2.57. The van der Waals surface area contributed by atoms with Gasteiger partial charge in [0.15, 0.2) is 0 Å². The maximum absolute atomic E-state index is 11.8. The van der Waals surface area contributed by atoms with Crippen molar-refractivity contribution in [2.75, 3.05) is 0 Å². The Morgan fingerprint density at radius 3 is 2.23 bits per heavy atom. The monoisotopic (exact) mass is 182 g/mol. The lowest BCUT2D eigenvalue weighted by Gasteiger charge is -2.14. The molecule has 2 heteroatoms. The average Bonchev–Trinajstić information content (AvgIpc) is 2.56. The van der Waals surface area contributed by atoms with Gasteiger partial charge in [0.1, 0.15) is 11.6 Å². The highest BCUT2D eigenvalue weighted by Gasteiger charge is 2.30. The van der Waals surface area contributed by atoms with Gasteiger partial charge in [-0.25, -0.2) is 0 Å². The van der Waals surface area contributed by atoms with Crippen LogP contribution in [0.4, 0.5) is 0 Å². The molecule has 0 aromatic heterocycles. The van der Waals surface area contributed by atoms with E-state index in [1.165, 1.54) is 6.92 Å². The predicted octanol–water partition coefficient (Wildman–Crippen LogP) is 2.36. The van der Waals surface area contributed by atoms with Gasteiger partial charge in [0, 0.05) is 5.92 Å². The Morgan fingerprint density at radius 2 is 1.85 bits per heavy atom. The van der Waals surface area contributed by atoms with Crippen LogP contribution in [0.25, 0.3) is 0 Å². The number of rotatable bonds is 4. The zero-order chi connectivity index (χ0) is 9.84. The molecule has 0 aromatic carbocycles. The molecule has 0 bridgehead atoms. The van der Waals surface area contributed by atoms with E-state index < -0.39 is 0 Å². The Kier molecular flexibility index (Phi) is 3.64. The topological polar surface area (TPSA) is 34.1 Å². The number of carbonyl (C=O) groups is 2. The van der Waals surface area contributed by atoms with Crippen molar-refractivity contribution in [2.45, 2.75) is 46.0 Å². The highest BCUT2D eigenvalue weighted by atomic mass is 16.1. The summed E-state index contributed by atoms with van der Waals surface area (Å²) in [6.07, 6.45) is 4.99. The standard InChI is InChI=1S/C11H18O2/c1-3-10(8(2)12)11(13)9-6-4-5-7-9/h9-10H,3-7H2,1-2H3. The average molecular weight is 182 g/mol. The van der Waals surface area contributed by atoms with E-state index in [1.54, 1.807) is 0 Å². The van der Waals surface area contributed by atoms with Gasteiger partial charge in [-0.3, -0.25) is 9.59 Å². The van der Waals surface area contributed by atoms with Crippen LogP contribution in [0.2, 0.25) is 0 Å². The maximum Gasteiger partial charge on any atom is 0.146 e. The number of ketones is 2. The summed E-state index contributed by atoms with van der Waals surface area (Å²) < 4.78 is 0. The number of Topliss-reactive ketones (excluding diaryl/α,β-unsaturated/α-hetero) is 2. The first-order valence-electron chi connectivity index (χ1n) is 5.21. The fourth-order valence-electron chi connectivity index (χ4n) is 2.18. The first kappa shape index (κ1) is 10.4. The molecule has 0 amide bonds. The van der Waals surface area contributed by atoms with Gasteiger partial charge in [-0.05, 0) is 26.2 Å². The van der Waals surface area contributed by atoms with Gasteiger partial charge in [0.25, 0.3) is 0 Å². The normalized spacial score (nSPS) is 20.2. The van der Waals surface area contributed by atoms with Crippen molar-refractivity contribution in [3.8, 4) is 0 Å². The number of hydrogen-bond donors (Lipinski definition) is 0. The van der Waals surface area contributed by atoms with Crippen molar-refractivity contribution >= 4 is 11.6 Å². The summed E-state index contributed by atoms with van der Waals surface area (Å²) in [5.41, 5.74) is 0. The molecule has 1 unspecified atom stereocenters. The van der Waals surface area contributed by atoms with Crippen molar-refractivity contribution in [2.24, 2.45) is 11.8 Å². The lowest BCUT2D eigenvalue weighted by molar-refractivity contribution is -0.134. The summed E-state index contributed by atoms with van der Waals surface area (Å²) in [6, 6.07) is 0. The van der Waals surface area contributed by atoms with E-state index in [9.17, 15) is 9.59 Å². The van der Waals surface area contributed by atoms with Crippen molar-refractivity contribution in [3.05, 3.63) is 0 Å². The smallest absolute Gasteiger partial charge is 0.146 e. The van der Waals surface area contributed by atoms with Crippen LogP contribution >= 0.6 is 0 Å². The molecule has 0 radical (unpaired) electrons. The minimum atomic E-state index is -0.317. The molecule has 1 saturated carbocycles. The number of carbonyl (C=O) groups excluding carboxylic acids is 2. The maximum atomic E-state index is 11.8. The molecule has 0 N–H and O–H groups in total. The van der Waals surface area contributed by atoms with Gasteiger partial charge in [-0.1, -0.05) is 19.8 Å². The van der Waals surface area contributed by atoms with Crippen molar-refractivity contribution in [1.82, 2.24) is 0 Å². The molecular formula is C11H18O2. The Hall–Kier alpha value is -0.660. The molecule has 0 aromatic rings. The Labute approximate surface area is 79.7 Å². The van der Waals surface area contributed by atoms with Gasteiger partial charge in [-0.2, -0.15) is 0 Å². The van der Waals surface area contributed by atoms with E-state index in [1.807, 2.05) is 6.92 Å². The van der Waals surface area contributed by atoms with Crippen LogP contribution in [0, 0.1) is 11.8 Å². The Bertz CT molecular complexity index is 202. The largest absolute Gasteiger partial charge is 0.299 e. The van der Waals surface area contributed by atoms with Crippen LogP contribution in [0.15, 0.2) is 0 Å². The SMILES string of the molecule is CCC(C(C)=O)C(=O)C1CCCC1. The third kappa shape index (κ3) is 2.39. The summed E-state index contributed by atoms with van der Waals surface area (Å²) >= 11 is 0. The van der Waals surface area contributed by atoms with Crippen LogP contribution in [0.1, 0.15) is 46.0 Å².